The molecule has 0 saturated carbocycles. The highest BCUT2D eigenvalue weighted by molar-refractivity contribution is 7.29. The van der Waals surface area contributed by atoms with Gasteiger partial charge in [0.2, 0.25) is 5.82 Å². The number of thiophene rings is 2. The molecule has 0 bridgehead atoms. The Labute approximate surface area is 559 Å². The van der Waals surface area contributed by atoms with Crippen LogP contribution in [0, 0.1) is 13.8 Å². The van der Waals surface area contributed by atoms with Crippen LogP contribution in [0.2, 0.25) is 0 Å². The molecular weight excluding hydrogens is 1160 g/mol. The molecule has 2 aliphatic carbocycles. The molecule has 0 aliphatic heterocycles. The molecule has 12 rings (SSSR count). The summed E-state index contributed by atoms with van der Waals surface area (Å²) >= 11 is 3.88. The van der Waals surface area contributed by atoms with Gasteiger partial charge in [-0.1, -0.05) is 303 Å². The predicted molar refractivity (Wildman–Crippen MR) is 395 cm³/mol. The van der Waals surface area contributed by atoms with Crippen molar-refractivity contribution in [2.75, 3.05) is 0 Å². The Morgan fingerprint density at radius 1 is 0.293 bits per heavy atom. The predicted octanol–water partition coefficient (Wildman–Crippen LogP) is 26.1. The van der Waals surface area contributed by atoms with Crippen molar-refractivity contribution in [2.45, 2.75) is 232 Å². The minimum absolute atomic E-state index is 0.0902. The summed E-state index contributed by atoms with van der Waals surface area (Å²) < 4.78 is 2.80. The highest BCUT2D eigenvalue weighted by Crippen LogP contribution is 2.58. The highest BCUT2D eigenvalue weighted by Gasteiger charge is 2.44. The van der Waals surface area contributed by atoms with E-state index in [1.807, 2.05) is 34.8 Å². The number of rotatable bonds is 34. The fourth-order valence-corrected chi connectivity index (χ4v) is 17.9. The number of unbranched alkanes of at least 4 members (excludes halogenated alkanes) is 20. The summed E-state index contributed by atoms with van der Waals surface area (Å²) in [6.07, 6.45) is 35.3. The van der Waals surface area contributed by atoms with Crippen LogP contribution in [-0.2, 0) is 10.8 Å². The van der Waals surface area contributed by atoms with Gasteiger partial charge in [0, 0.05) is 52.2 Å². The third kappa shape index (κ3) is 14.4. The van der Waals surface area contributed by atoms with Gasteiger partial charge in [0.1, 0.15) is 0 Å². The maximum atomic E-state index is 5.70. The topological polar surface area (TPSA) is 64.5 Å². The van der Waals surface area contributed by atoms with E-state index < -0.39 is 0 Å². The van der Waals surface area contributed by atoms with Crippen LogP contribution in [0.4, 0.5) is 0 Å². The zero-order valence-electron chi connectivity index (χ0n) is 56.3. The molecule has 0 N–H and O–H groups in total. The Hall–Kier alpha value is -6.93. The molecule has 0 atom stereocenters. The Bertz CT molecular complexity index is 3940. The molecule has 0 saturated heterocycles. The Kier molecular flexibility index (Phi) is 21.9. The van der Waals surface area contributed by atoms with Crippen LogP contribution in [0.1, 0.15) is 240 Å². The molecule has 0 fully saturated rings. The third-order valence-electron chi connectivity index (χ3n) is 20.5. The van der Waals surface area contributed by atoms with Crippen molar-refractivity contribution in [3.05, 3.63) is 184 Å². The van der Waals surface area contributed by atoms with E-state index in [1.165, 1.54) is 229 Å². The van der Waals surface area contributed by atoms with Crippen LogP contribution in [0.15, 0.2) is 152 Å². The lowest BCUT2D eigenvalue weighted by atomic mass is 9.70. The molecule has 6 aromatic carbocycles. The first kappa shape index (κ1) is 65.1. The van der Waals surface area contributed by atoms with Crippen molar-refractivity contribution in [2.24, 2.45) is 0 Å². The summed E-state index contributed by atoms with van der Waals surface area (Å²) in [5.74, 6) is 2.18. The molecule has 10 aromatic rings. The minimum atomic E-state index is -0.151. The maximum Gasteiger partial charge on any atom is 0.201 e. The summed E-state index contributed by atoms with van der Waals surface area (Å²) in [6.45, 7) is 13.9. The summed E-state index contributed by atoms with van der Waals surface area (Å²) in [7, 11) is 0. The van der Waals surface area contributed by atoms with Gasteiger partial charge in [-0.3, -0.25) is 0 Å². The zero-order chi connectivity index (χ0) is 63.3. The van der Waals surface area contributed by atoms with E-state index in [2.05, 4.69) is 181 Å². The fraction of sp³-hybridized carbons (Fsp3) is 0.424. The summed E-state index contributed by atoms with van der Waals surface area (Å²) in [6, 6.07) is 57.4. The van der Waals surface area contributed by atoms with Gasteiger partial charge in [0.25, 0.3) is 0 Å². The molecule has 476 valence electrons. The number of hydrogen-bond donors (Lipinski definition) is 0. The van der Waals surface area contributed by atoms with Gasteiger partial charge >= 0.3 is 0 Å². The molecule has 4 heterocycles. The van der Waals surface area contributed by atoms with E-state index in [1.54, 1.807) is 0 Å². The molecule has 4 aromatic heterocycles. The number of hydrogen-bond acceptors (Lipinski definition) is 7. The van der Waals surface area contributed by atoms with Crippen molar-refractivity contribution in [3.8, 4) is 89.6 Å². The van der Waals surface area contributed by atoms with Crippen molar-refractivity contribution >= 4 is 32.1 Å². The third-order valence-corrected chi connectivity index (χ3v) is 22.8. The molecule has 0 radical (unpaired) electrons. The lowest BCUT2D eigenvalue weighted by Crippen LogP contribution is -2.26. The number of aryl methyl sites for hydroxylation is 2. The molecule has 5 nitrogen and oxygen atoms in total. The minimum Gasteiger partial charge on any atom is -0.225 e. The van der Waals surface area contributed by atoms with Crippen LogP contribution >= 0.6 is 22.7 Å². The van der Waals surface area contributed by atoms with Gasteiger partial charge < -0.3 is 0 Å². The molecule has 0 amide bonds. The first-order valence-electron chi connectivity index (χ1n) is 36.1. The quantitative estimate of drug-likeness (QED) is 0.0376. The number of aromatic nitrogens is 5. The summed E-state index contributed by atoms with van der Waals surface area (Å²) in [5, 5.41) is 0. The largest absolute Gasteiger partial charge is 0.225 e. The summed E-state index contributed by atoms with van der Waals surface area (Å²) in [4.78, 5) is 30.0. The highest BCUT2D eigenvalue weighted by atomic mass is 32.1. The molecule has 92 heavy (non-hydrogen) atoms. The van der Waals surface area contributed by atoms with E-state index >= 15 is 0 Å². The van der Waals surface area contributed by atoms with Crippen molar-refractivity contribution in [1.29, 1.82) is 0 Å². The van der Waals surface area contributed by atoms with E-state index in [0.717, 1.165) is 59.3 Å². The fourth-order valence-electron chi connectivity index (χ4n) is 15.6. The van der Waals surface area contributed by atoms with Crippen molar-refractivity contribution in [3.63, 3.8) is 0 Å². The number of fused-ring (bicyclic) bond motifs is 7. The second-order valence-corrected chi connectivity index (χ2v) is 29.6. The van der Waals surface area contributed by atoms with Crippen molar-refractivity contribution < 1.29 is 0 Å². The van der Waals surface area contributed by atoms with Gasteiger partial charge in [-0.2, -0.15) is 0 Å². The lowest BCUT2D eigenvalue weighted by Gasteiger charge is -2.33. The van der Waals surface area contributed by atoms with Gasteiger partial charge in [0.05, 0.1) is 11.4 Å². The number of nitrogens with zero attached hydrogens (tertiary/aromatic N) is 5. The first-order valence-corrected chi connectivity index (χ1v) is 37.7. The van der Waals surface area contributed by atoms with E-state index in [0.29, 0.717) is 23.3 Å². The Balaban J connectivity index is 1.03. The SMILES string of the molecule is CCCCCCCCC1(CCCCCCCC)c2cc(C)ccc2-c2ccc(-c3cc(-c4ccc5c(c4)C(CCCCCCCC)(CCCCCCCC)c4cc(-c6cc7sc(C)cc7s6)ccc4-5)nc(-c4nc(-c5ccccc5)nc(-c5ccccc5)n4)n3)cc21. The van der Waals surface area contributed by atoms with Gasteiger partial charge in [-0.05, 0) is 126 Å². The Morgan fingerprint density at radius 3 is 1.09 bits per heavy atom. The van der Waals surface area contributed by atoms with Crippen LogP contribution < -0.4 is 0 Å². The lowest BCUT2D eigenvalue weighted by molar-refractivity contribution is 0.398. The molecule has 0 unspecified atom stereocenters. The van der Waals surface area contributed by atoms with Gasteiger partial charge in [-0.15, -0.1) is 22.7 Å². The van der Waals surface area contributed by atoms with Crippen LogP contribution in [0.5, 0.6) is 0 Å². The second kappa shape index (κ2) is 30.9. The van der Waals surface area contributed by atoms with Gasteiger partial charge in [-0.25, -0.2) is 24.9 Å². The molecule has 0 spiro atoms. The van der Waals surface area contributed by atoms with E-state index in [4.69, 9.17) is 24.9 Å². The van der Waals surface area contributed by atoms with Crippen LogP contribution in [0.25, 0.3) is 99.0 Å². The van der Waals surface area contributed by atoms with Crippen molar-refractivity contribution in [1.82, 2.24) is 24.9 Å². The summed E-state index contributed by atoms with van der Waals surface area (Å²) in [5.41, 5.74) is 19.9. The van der Waals surface area contributed by atoms with Crippen LogP contribution in [0.3, 0.4) is 0 Å². The average molecular weight is 1250 g/mol. The molecule has 7 heteroatoms. The standard InChI is InChI=1S/C85H99N5S2/c1-7-11-15-19-23-33-49-84(50-34-24-20-16-12-8-2)71-53-60(5)41-45-67(71)68-46-42-64(55-72(68)84)75-58-76(87-82(86-75)83-89-80(62-37-29-27-30-38-62)88-81(90-83)63-39-31-28-32-40-63)65-43-47-69-70-48-44-66(77-59-79-78(92-77)54-61(6)91-79)57-74(70)85(73(69)56-65,51-35-25-21-17-13-9-3)52-36-26-22-18-14-10-4/h27-32,37-48,53-59H,7-26,33-36,49-52H2,1-6H3. The molecule has 2 aliphatic rings. The normalized spacial score (nSPS) is 13.4. The first-order chi connectivity index (χ1) is 45.2. The zero-order valence-corrected chi connectivity index (χ0v) is 57.9. The van der Waals surface area contributed by atoms with Crippen LogP contribution in [-0.4, -0.2) is 24.9 Å². The van der Waals surface area contributed by atoms with Gasteiger partial charge in [0.15, 0.2) is 17.5 Å². The second-order valence-electron chi connectivity index (χ2n) is 27.3. The number of benzene rings is 6. The maximum absolute atomic E-state index is 5.70. The van der Waals surface area contributed by atoms with E-state index in [9.17, 15) is 0 Å². The monoisotopic (exact) mass is 1250 g/mol. The Morgan fingerprint density at radius 2 is 0.652 bits per heavy atom. The smallest absolute Gasteiger partial charge is 0.201 e. The average Bonchev–Trinajstić information content (AvgIpc) is 1.57. The molecular formula is C85H99N5S2. The van der Waals surface area contributed by atoms with E-state index in [-0.39, 0.29) is 10.8 Å².